The van der Waals surface area contributed by atoms with E-state index in [-0.39, 0.29) is 42.9 Å². The molecule has 1 N–H and O–H groups in total. The molecular weight excluding hydrogens is 364 g/mol. The third kappa shape index (κ3) is 3.62. The molecule has 0 saturated carbocycles. The number of fused-ring (bicyclic) bond motifs is 3. The van der Waals surface area contributed by atoms with Crippen molar-refractivity contribution in [2.24, 2.45) is 5.18 Å². The number of hydrogen-bond donors (Lipinski definition) is 1. The van der Waals surface area contributed by atoms with E-state index in [1.54, 1.807) is 25.3 Å². The number of aromatic hydroxyl groups is 1. The van der Waals surface area contributed by atoms with Crippen LogP contribution < -0.4 is 10.2 Å². The molecule has 0 spiro atoms. The third-order valence-electron chi connectivity index (χ3n) is 4.80. The molecule has 148 valence electrons. The van der Waals surface area contributed by atoms with Gasteiger partial charge in [0, 0.05) is 23.9 Å². The molecule has 1 unspecified atom stereocenters. The van der Waals surface area contributed by atoms with E-state index >= 15 is 0 Å². The normalized spacial score (nSPS) is 14.7. The van der Waals surface area contributed by atoms with Crippen LogP contribution in [0.15, 0.2) is 34.4 Å². The van der Waals surface area contributed by atoms with Crippen molar-refractivity contribution in [2.75, 3.05) is 19.8 Å². The van der Waals surface area contributed by atoms with E-state index in [0.717, 1.165) is 12.0 Å². The van der Waals surface area contributed by atoms with Gasteiger partial charge in [-0.2, -0.15) is 4.91 Å². The smallest absolute Gasteiger partial charge is 0.343 e. The number of nitroso groups, excluding NO2 is 1. The van der Waals surface area contributed by atoms with Gasteiger partial charge >= 0.3 is 5.97 Å². The highest BCUT2D eigenvalue weighted by Crippen LogP contribution is 2.41. The maximum atomic E-state index is 12.5. The Kier molecular flexibility index (Phi) is 5.77. The number of rotatable bonds is 7. The van der Waals surface area contributed by atoms with Crippen molar-refractivity contribution in [3.05, 3.63) is 50.7 Å². The van der Waals surface area contributed by atoms with Gasteiger partial charge in [0.1, 0.15) is 18.7 Å². The second kappa shape index (κ2) is 8.24. The van der Waals surface area contributed by atoms with Gasteiger partial charge in [0.25, 0.3) is 0 Å². The van der Waals surface area contributed by atoms with Gasteiger partial charge in [0.05, 0.1) is 12.3 Å². The van der Waals surface area contributed by atoms with Crippen molar-refractivity contribution < 1.29 is 19.4 Å². The van der Waals surface area contributed by atoms with Crippen LogP contribution in [0, 0.1) is 4.91 Å². The molecule has 8 heteroatoms. The van der Waals surface area contributed by atoms with Gasteiger partial charge < -0.3 is 19.1 Å². The predicted octanol–water partition coefficient (Wildman–Crippen LogP) is 3.05. The number of phenolic OH excluding ortho intramolecular Hbond substituents is 1. The van der Waals surface area contributed by atoms with Gasteiger partial charge in [-0.1, -0.05) is 12.1 Å². The first-order valence-corrected chi connectivity index (χ1v) is 9.21. The van der Waals surface area contributed by atoms with E-state index < -0.39 is 11.4 Å². The maximum absolute atomic E-state index is 12.5. The van der Waals surface area contributed by atoms with Crippen LogP contribution in [-0.4, -0.2) is 35.4 Å². The molecular formula is C20H22N2O6. The zero-order valence-corrected chi connectivity index (χ0v) is 15.8. The predicted molar refractivity (Wildman–Crippen MR) is 103 cm³/mol. The lowest BCUT2D eigenvalue weighted by Crippen LogP contribution is -2.26. The van der Waals surface area contributed by atoms with Gasteiger partial charge in [-0.3, -0.25) is 4.79 Å². The van der Waals surface area contributed by atoms with E-state index in [1.807, 2.05) is 11.5 Å². The number of benzene rings is 1. The summed E-state index contributed by atoms with van der Waals surface area (Å²) in [6, 6.07) is 4.71. The molecule has 28 heavy (non-hydrogen) atoms. The molecule has 2 aromatic rings. The van der Waals surface area contributed by atoms with E-state index in [4.69, 9.17) is 9.47 Å². The number of aromatic nitrogens is 1. The molecule has 0 saturated heterocycles. The second-order valence-electron chi connectivity index (χ2n) is 6.51. The van der Waals surface area contributed by atoms with Gasteiger partial charge in [0.2, 0.25) is 0 Å². The van der Waals surface area contributed by atoms with Crippen LogP contribution >= 0.6 is 0 Å². The Bertz CT molecular complexity index is 966. The fourth-order valence-corrected chi connectivity index (χ4v) is 3.45. The van der Waals surface area contributed by atoms with E-state index in [0.29, 0.717) is 17.7 Å². The van der Waals surface area contributed by atoms with Crippen molar-refractivity contribution in [1.82, 2.24) is 4.57 Å². The minimum atomic E-state index is -0.640. The minimum absolute atomic E-state index is 0.00182. The molecule has 0 radical (unpaired) electrons. The van der Waals surface area contributed by atoms with Crippen LogP contribution in [0.5, 0.6) is 11.5 Å². The molecule has 1 aliphatic heterocycles. The average molecular weight is 386 g/mol. The highest BCUT2D eigenvalue weighted by Gasteiger charge is 2.27. The van der Waals surface area contributed by atoms with Crippen LogP contribution in [0.25, 0.3) is 11.3 Å². The van der Waals surface area contributed by atoms with Crippen LogP contribution in [0.2, 0.25) is 0 Å². The van der Waals surface area contributed by atoms with Crippen molar-refractivity contribution >= 4 is 5.97 Å². The number of phenols is 1. The summed E-state index contributed by atoms with van der Waals surface area (Å²) in [6.45, 7) is 3.97. The Morgan fingerprint density at radius 1 is 1.32 bits per heavy atom. The number of carbonyl (C=O) groups excluding carboxylic acids is 1. The Hall–Kier alpha value is -3.16. The van der Waals surface area contributed by atoms with Crippen LogP contribution in [0.3, 0.4) is 0 Å². The minimum Gasteiger partial charge on any atom is -0.504 e. The van der Waals surface area contributed by atoms with Crippen LogP contribution in [0.4, 0.5) is 0 Å². The fourth-order valence-electron chi connectivity index (χ4n) is 3.45. The summed E-state index contributed by atoms with van der Waals surface area (Å²) >= 11 is 0. The molecule has 0 amide bonds. The van der Waals surface area contributed by atoms with Crippen molar-refractivity contribution in [2.45, 2.75) is 32.7 Å². The lowest BCUT2D eigenvalue weighted by Gasteiger charge is -2.30. The first-order chi connectivity index (χ1) is 13.5. The Morgan fingerprint density at radius 2 is 2.11 bits per heavy atom. The van der Waals surface area contributed by atoms with E-state index in [1.165, 1.54) is 6.07 Å². The Balaban J connectivity index is 2.09. The third-order valence-corrected chi connectivity index (χ3v) is 4.80. The first-order valence-electron chi connectivity index (χ1n) is 9.21. The monoisotopic (exact) mass is 386 g/mol. The topological polar surface area (TPSA) is 107 Å². The standard InChI is InChI=1S/C20H22N2O6/c1-3-13-7-12-8-19(28-6-5-21-26)18(24)9-14(12)16-10-17(23)15(11-22(13)16)20(25)27-4-2/h8-11,13,24H,3-7H2,1-2H3. The summed E-state index contributed by atoms with van der Waals surface area (Å²) < 4.78 is 12.3. The fraction of sp³-hybridized carbons (Fsp3) is 0.400. The number of pyridine rings is 1. The van der Waals surface area contributed by atoms with Crippen molar-refractivity contribution in [3.8, 4) is 22.8 Å². The van der Waals surface area contributed by atoms with Crippen LogP contribution in [0.1, 0.15) is 42.2 Å². The number of ether oxygens (including phenoxy) is 2. The summed E-state index contributed by atoms with van der Waals surface area (Å²) in [4.78, 5) is 34.8. The van der Waals surface area contributed by atoms with E-state index in [2.05, 4.69) is 5.18 Å². The molecule has 1 aromatic heterocycles. The lowest BCUT2D eigenvalue weighted by atomic mass is 9.90. The van der Waals surface area contributed by atoms with Gasteiger partial charge in [0.15, 0.2) is 16.9 Å². The van der Waals surface area contributed by atoms with Crippen molar-refractivity contribution in [1.29, 1.82) is 0 Å². The quantitative estimate of drug-likeness (QED) is 0.445. The molecule has 0 bridgehead atoms. The summed E-state index contributed by atoms with van der Waals surface area (Å²) in [6.07, 6.45) is 2.97. The highest BCUT2D eigenvalue weighted by molar-refractivity contribution is 5.89. The average Bonchev–Trinajstić information content (AvgIpc) is 2.68. The second-order valence-corrected chi connectivity index (χ2v) is 6.51. The highest BCUT2D eigenvalue weighted by atomic mass is 16.5. The molecule has 1 atom stereocenters. The van der Waals surface area contributed by atoms with Crippen molar-refractivity contribution in [3.63, 3.8) is 0 Å². The van der Waals surface area contributed by atoms with Gasteiger partial charge in [-0.25, -0.2) is 4.79 Å². The number of esters is 1. The lowest BCUT2D eigenvalue weighted by molar-refractivity contribution is 0.0523. The molecule has 1 aliphatic rings. The molecule has 0 fully saturated rings. The number of hydrogen-bond acceptors (Lipinski definition) is 7. The maximum Gasteiger partial charge on any atom is 0.343 e. The largest absolute Gasteiger partial charge is 0.504 e. The summed E-state index contributed by atoms with van der Waals surface area (Å²) in [7, 11) is 0. The van der Waals surface area contributed by atoms with E-state index in [9.17, 15) is 19.6 Å². The summed E-state index contributed by atoms with van der Waals surface area (Å²) in [5.41, 5.74) is 1.82. The molecule has 3 rings (SSSR count). The van der Waals surface area contributed by atoms with Gasteiger partial charge in [-0.15, -0.1) is 0 Å². The molecule has 8 nitrogen and oxygen atoms in total. The Labute approximate surface area is 161 Å². The zero-order chi connectivity index (χ0) is 20.3. The van der Waals surface area contributed by atoms with Crippen LogP contribution in [-0.2, 0) is 11.2 Å². The summed E-state index contributed by atoms with van der Waals surface area (Å²) in [5, 5.41) is 13.0. The Morgan fingerprint density at radius 3 is 2.79 bits per heavy atom. The van der Waals surface area contributed by atoms with Gasteiger partial charge in [-0.05, 0) is 37.5 Å². The first kappa shape index (κ1) is 19.6. The molecule has 0 aliphatic carbocycles. The number of carbonyl (C=O) groups is 1. The zero-order valence-electron chi connectivity index (χ0n) is 15.8. The molecule has 1 aromatic carbocycles. The summed E-state index contributed by atoms with van der Waals surface area (Å²) in [5.74, 6) is -0.455. The SMILES string of the molecule is CCOC(=O)c1cn2c(cc1=O)-c1cc(O)c(OCCN=O)cc1CC2CC. The number of nitrogens with zero attached hydrogens (tertiary/aromatic N) is 2. The molecule has 2 heterocycles.